The minimum Gasteiger partial charge on any atom is -0.484 e. The zero-order valence-electron chi connectivity index (χ0n) is 14.6. The molecule has 0 aliphatic heterocycles. The summed E-state index contributed by atoms with van der Waals surface area (Å²) in [6, 6.07) is 15.4. The van der Waals surface area contributed by atoms with Crippen molar-refractivity contribution in [2.24, 2.45) is 0 Å². The van der Waals surface area contributed by atoms with E-state index < -0.39 is 0 Å². The molecule has 1 N–H and O–H groups in total. The Morgan fingerprint density at radius 3 is 2.70 bits per heavy atom. The number of hydrogen-bond donors (Lipinski definition) is 1. The molecule has 1 aromatic heterocycles. The van der Waals surface area contributed by atoms with Crippen LogP contribution < -0.4 is 10.1 Å². The van der Waals surface area contributed by atoms with E-state index in [-0.39, 0.29) is 12.5 Å². The zero-order valence-corrected chi connectivity index (χ0v) is 17.0. The van der Waals surface area contributed by atoms with E-state index in [0.717, 1.165) is 21.3 Å². The highest BCUT2D eigenvalue weighted by molar-refractivity contribution is 8.00. The van der Waals surface area contributed by atoms with Gasteiger partial charge in [0.15, 0.2) is 10.9 Å². The number of anilines is 1. The fourth-order valence-electron chi connectivity index (χ4n) is 2.20. The Balaban J connectivity index is 1.46. The standard InChI is InChI=1S/C19H18ClN3O2S2/c1-2-13-7-9-15(10-8-13)25-11-17(24)21-18-22-23-19(27-18)26-12-14-5-3-4-6-16(14)20/h3-10H,2,11-12H2,1H3,(H,21,22,24). The third-order valence-corrected chi connectivity index (χ3v) is 6.05. The minimum atomic E-state index is -0.270. The van der Waals surface area contributed by atoms with Crippen molar-refractivity contribution in [3.8, 4) is 5.75 Å². The van der Waals surface area contributed by atoms with Gasteiger partial charge in [-0.3, -0.25) is 10.1 Å². The lowest BCUT2D eigenvalue weighted by Gasteiger charge is -2.06. The maximum atomic E-state index is 12.0. The van der Waals surface area contributed by atoms with Crippen LogP contribution in [-0.4, -0.2) is 22.7 Å². The second-order valence-corrected chi connectivity index (χ2v) is 8.19. The molecule has 0 unspecified atom stereocenters. The summed E-state index contributed by atoms with van der Waals surface area (Å²) >= 11 is 9.00. The van der Waals surface area contributed by atoms with Crippen molar-refractivity contribution in [2.45, 2.75) is 23.4 Å². The van der Waals surface area contributed by atoms with Crippen LogP contribution in [0, 0.1) is 0 Å². The van der Waals surface area contributed by atoms with Crippen molar-refractivity contribution in [1.82, 2.24) is 10.2 Å². The third-order valence-electron chi connectivity index (χ3n) is 3.66. The van der Waals surface area contributed by atoms with Gasteiger partial charge in [0.1, 0.15) is 5.75 Å². The zero-order chi connectivity index (χ0) is 19.1. The number of amides is 1. The molecule has 0 saturated carbocycles. The predicted molar refractivity (Wildman–Crippen MR) is 111 cm³/mol. The number of nitrogens with zero attached hydrogens (tertiary/aromatic N) is 2. The van der Waals surface area contributed by atoms with E-state index in [1.54, 1.807) is 0 Å². The van der Waals surface area contributed by atoms with Crippen LogP contribution in [0.1, 0.15) is 18.1 Å². The van der Waals surface area contributed by atoms with Crippen molar-refractivity contribution in [3.63, 3.8) is 0 Å². The topological polar surface area (TPSA) is 64.1 Å². The van der Waals surface area contributed by atoms with Crippen LogP contribution in [0.5, 0.6) is 5.75 Å². The van der Waals surface area contributed by atoms with E-state index in [2.05, 4.69) is 22.4 Å². The first-order valence-corrected chi connectivity index (χ1v) is 10.5. The van der Waals surface area contributed by atoms with E-state index in [1.165, 1.54) is 28.7 Å². The van der Waals surface area contributed by atoms with Crippen molar-refractivity contribution >= 4 is 45.7 Å². The Morgan fingerprint density at radius 2 is 1.96 bits per heavy atom. The van der Waals surface area contributed by atoms with Gasteiger partial charge in [-0.25, -0.2) is 0 Å². The number of rotatable bonds is 8. The Morgan fingerprint density at radius 1 is 1.19 bits per heavy atom. The van der Waals surface area contributed by atoms with E-state index in [1.807, 2.05) is 48.5 Å². The molecule has 0 bridgehead atoms. The summed E-state index contributed by atoms with van der Waals surface area (Å²) in [4.78, 5) is 12.0. The molecule has 0 radical (unpaired) electrons. The molecule has 2 aromatic carbocycles. The van der Waals surface area contributed by atoms with E-state index in [0.29, 0.717) is 16.6 Å². The van der Waals surface area contributed by atoms with Crippen LogP contribution in [0.15, 0.2) is 52.9 Å². The average Bonchev–Trinajstić information content (AvgIpc) is 3.13. The monoisotopic (exact) mass is 419 g/mol. The smallest absolute Gasteiger partial charge is 0.264 e. The van der Waals surface area contributed by atoms with Crippen LogP contribution in [0.25, 0.3) is 0 Å². The summed E-state index contributed by atoms with van der Waals surface area (Å²) in [6.45, 7) is 2.01. The molecule has 0 saturated heterocycles. The van der Waals surface area contributed by atoms with Gasteiger partial charge in [-0.05, 0) is 35.7 Å². The highest BCUT2D eigenvalue weighted by Gasteiger charge is 2.10. The number of hydrogen-bond acceptors (Lipinski definition) is 6. The number of nitrogens with one attached hydrogen (secondary N) is 1. The van der Waals surface area contributed by atoms with Crippen LogP contribution in [0.4, 0.5) is 5.13 Å². The Hall–Kier alpha value is -2.09. The molecule has 1 amide bonds. The van der Waals surface area contributed by atoms with Crippen LogP contribution in [0.3, 0.4) is 0 Å². The van der Waals surface area contributed by atoms with Crippen molar-refractivity contribution < 1.29 is 9.53 Å². The molecule has 140 valence electrons. The Labute approximate surface area is 171 Å². The SMILES string of the molecule is CCc1ccc(OCC(=O)Nc2nnc(SCc3ccccc3Cl)s2)cc1. The number of carbonyl (C=O) groups excluding carboxylic acids is 1. The minimum absolute atomic E-state index is 0.0762. The number of ether oxygens (including phenoxy) is 1. The largest absolute Gasteiger partial charge is 0.484 e. The summed E-state index contributed by atoms with van der Waals surface area (Å²) < 4.78 is 6.25. The Bertz CT molecular complexity index is 900. The molecule has 5 nitrogen and oxygen atoms in total. The first kappa shape index (κ1) is 19.7. The van der Waals surface area contributed by atoms with Crippen molar-refractivity contribution in [2.75, 3.05) is 11.9 Å². The summed E-state index contributed by atoms with van der Waals surface area (Å²) in [5, 5.41) is 12.0. The maximum absolute atomic E-state index is 12.0. The van der Waals surface area contributed by atoms with Gasteiger partial charge in [-0.15, -0.1) is 10.2 Å². The van der Waals surface area contributed by atoms with Gasteiger partial charge in [0, 0.05) is 10.8 Å². The van der Waals surface area contributed by atoms with Crippen LogP contribution >= 0.6 is 34.7 Å². The normalized spacial score (nSPS) is 10.6. The molecule has 3 rings (SSSR count). The molecule has 1 heterocycles. The van der Waals surface area contributed by atoms with E-state index in [4.69, 9.17) is 16.3 Å². The fraction of sp³-hybridized carbons (Fsp3) is 0.211. The number of thioether (sulfide) groups is 1. The third kappa shape index (κ3) is 5.95. The van der Waals surface area contributed by atoms with Gasteiger partial charge >= 0.3 is 0 Å². The van der Waals surface area contributed by atoms with Gasteiger partial charge in [-0.2, -0.15) is 0 Å². The van der Waals surface area contributed by atoms with Gasteiger partial charge in [0.2, 0.25) is 5.13 Å². The summed E-state index contributed by atoms with van der Waals surface area (Å²) in [5.74, 6) is 1.09. The lowest BCUT2D eigenvalue weighted by molar-refractivity contribution is -0.118. The number of aryl methyl sites for hydroxylation is 1. The first-order chi connectivity index (χ1) is 13.1. The first-order valence-electron chi connectivity index (χ1n) is 8.35. The second-order valence-electron chi connectivity index (χ2n) is 5.59. The van der Waals surface area contributed by atoms with E-state index >= 15 is 0 Å². The number of halogens is 1. The molecule has 0 atom stereocenters. The molecular formula is C19H18ClN3O2S2. The van der Waals surface area contributed by atoms with Crippen molar-refractivity contribution in [3.05, 3.63) is 64.7 Å². The Kier molecular flexibility index (Phi) is 7.09. The average molecular weight is 420 g/mol. The molecule has 8 heteroatoms. The molecule has 27 heavy (non-hydrogen) atoms. The number of aromatic nitrogens is 2. The maximum Gasteiger partial charge on any atom is 0.264 e. The van der Waals surface area contributed by atoms with Crippen LogP contribution in [-0.2, 0) is 17.0 Å². The molecule has 0 fully saturated rings. The summed E-state index contributed by atoms with van der Waals surface area (Å²) in [7, 11) is 0. The van der Waals surface area contributed by atoms with Crippen molar-refractivity contribution in [1.29, 1.82) is 0 Å². The van der Waals surface area contributed by atoms with Gasteiger partial charge in [0.05, 0.1) is 0 Å². The highest BCUT2D eigenvalue weighted by Crippen LogP contribution is 2.30. The highest BCUT2D eigenvalue weighted by atomic mass is 35.5. The number of benzene rings is 2. The lowest BCUT2D eigenvalue weighted by atomic mass is 10.2. The summed E-state index contributed by atoms with van der Waals surface area (Å²) in [6.07, 6.45) is 0.967. The van der Waals surface area contributed by atoms with E-state index in [9.17, 15) is 4.79 Å². The molecule has 0 aliphatic rings. The number of carbonyl (C=O) groups is 1. The van der Waals surface area contributed by atoms with Gasteiger partial charge < -0.3 is 4.74 Å². The molecule has 3 aromatic rings. The van der Waals surface area contributed by atoms with Gasteiger partial charge in [-0.1, -0.05) is 72.0 Å². The lowest BCUT2D eigenvalue weighted by Crippen LogP contribution is -2.20. The second kappa shape index (κ2) is 9.73. The molecular weight excluding hydrogens is 402 g/mol. The fourth-order valence-corrected chi connectivity index (χ4v) is 4.25. The quantitative estimate of drug-likeness (QED) is 0.408. The van der Waals surface area contributed by atoms with Crippen LogP contribution in [0.2, 0.25) is 5.02 Å². The van der Waals surface area contributed by atoms with Gasteiger partial charge in [0.25, 0.3) is 5.91 Å². The molecule has 0 spiro atoms. The predicted octanol–water partition coefficient (Wildman–Crippen LogP) is 5.06. The summed E-state index contributed by atoms with van der Waals surface area (Å²) in [5.41, 5.74) is 2.26. The molecule has 0 aliphatic carbocycles.